The van der Waals surface area contributed by atoms with Crippen LogP contribution in [0.3, 0.4) is 0 Å². The van der Waals surface area contributed by atoms with Crippen LogP contribution in [0, 0.1) is 0 Å². The summed E-state index contributed by atoms with van der Waals surface area (Å²) in [6.45, 7) is 2.17. The van der Waals surface area contributed by atoms with Crippen molar-refractivity contribution in [3.63, 3.8) is 0 Å². The Morgan fingerprint density at radius 2 is 2.03 bits per heavy atom. The number of nitrogens with one attached hydrogen (secondary N) is 1. The standard InChI is InChI=1S/C24H28FN7O2/c1-24-8-4-5-17(28-24)22(25)18(11-24)32(2)20-13-26-23(31-29-20)16-7-6-14(9-19(16)33)15-10-21(34-3)30-27-12-15/h6-7,9-10,12-13,17-18,22,28,33H,4-5,8,11H2,1-3H3/t17-,18+,22-,24+/m1/s1. The number of nitrogens with zero attached hydrogens (tertiary/aromatic N) is 6. The second kappa shape index (κ2) is 8.75. The Balaban J connectivity index is 1.36. The number of fused-ring (bicyclic) bond motifs is 2. The molecule has 0 spiro atoms. The SMILES string of the molecule is COc1cc(-c2ccc(-c3ncc(N(C)[C@H]4C[C@]5(C)CCC[C@@H](N5)[C@H]4F)nn3)c(O)c2)cnn1. The maximum Gasteiger partial charge on any atom is 0.233 e. The summed E-state index contributed by atoms with van der Waals surface area (Å²) >= 11 is 0. The molecule has 4 heterocycles. The molecule has 2 saturated heterocycles. The zero-order chi connectivity index (χ0) is 23.9. The van der Waals surface area contributed by atoms with Gasteiger partial charge in [0.2, 0.25) is 5.88 Å². The van der Waals surface area contributed by atoms with Gasteiger partial charge < -0.3 is 20.1 Å². The molecule has 0 radical (unpaired) electrons. The van der Waals surface area contributed by atoms with Gasteiger partial charge in [-0.15, -0.1) is 15.3 Å². The Labute approximate surface area is 197 Å². The molecule has 2 aliphatic heterocycles. The highest BCUT2D eigenvalue weighted by Crippen LogP contribution is 2.38. The van der Waals surface area contributed by atoms with E-state index >= 15 is 4.39 Å². The first-order valence-corrected chi connectivity index (χ1v) is 11.4. The van der Waals surface area contributed by atoms with Gasteiger partial charge in [-0.1, -0.05) is 6.07 Å². The lowest BCUT2D eigenvalue weighted by Crippen LogP contribution is -2.66. The monoisotopic (exact) mass is 465 g/mol. The number of ether oxygens (including phenoxy) is 1. The molecule has 2 aromatic heterocycles. The van der Waals surface area contributed by atoms with Crippen LogP contribution in [-0.4, -0.2) is 68.4 Å². The number of rotatable bonds is 5. The average molecular weight is 466 g/mol. The lowest BCUT2D eigenvalue weighted by molar-refractivity contribution is 0.0607. The number of piperidine rings is 2. The fraction of sp³-hybridized carbons (Fsp3) is 0.458. The molecule has 3 aromatic rings. The van der Waals surface area contributed by atoms with Crippen molar-refractivity contribution in [2.75, 3.05) is 19.1 Å². The zero-order valence-electron chi connectivity index (χ0n) is 19.4. The number of phenolic OH excluding ortho intramolecular Hbond substituents is 1. The Bertz CT molecular complexity index is 1180. The predicted molar refractivity (Wildman–Crippen MR) is 125 cm³/mol. The van der Waals surface area contributed by atoms with E-state index < -0.39 is 6.17 Å². The molecule has 0 amide bonds. The van der Waals surface area contributed by atoms with Gasteiger partial charge in [0.25, 0.3) is 0 Å². The molecule has 1 aromatic carbocycles. The van der Waals surface area contributed by atoms with Gasteiger partial charge in [0.1, 0.15) is 11.9 Å². The third-order valence-corrected chi connectivity index (χ3v) is 7.01. The van der Waals surface area contributed by atoms with Crippen LogP contribution in [0.2, 0.25) is 0 Å². The average Bonchev–Trinajstić information content (AvgIpc) is 2.86. The van der Waals surface area contributed by atoms with E-state index in [0.29, 0.717) is 23.7 Å². The Morgan fingerprint density at radius 3 is 2.76 bits per heavy atom. The number of benzene rings is 1. The van der Waals surface area contributed by atoms with E-state index in [1.165, 1.54) is 7.11 Å². The molecule has 4 atom stereocenters. The van der Waals surface area contributed by atoms with E-state index in [1.54, 1.807) is 30.6 Å². The van der Waals surface area contributed by atoms with Crippen molar-refractivity contribution in [3.8, 4) is 34.1 Å². The summed E-state index contributed by atoms with van der Waals surface area (Å²) in [7, 11) is 3.36. The van der Waals surface area contributed by atoms with Crippen LogP contribution in [-0.2, 0) is 0 Å². The number of hydrogen-bond donors (Lipinski definition) is 2. The molecule has 34 heavy (non-hydrogen) atoms. The van der Waals surface area contributed by atoms with Crippen molar-refractivity contribution in [3.05, 3.63) is 36.7 Å². The fourth-order valence-corrected chi connectivity index (χ4v) is 5.13. The van der Waals surface area contributed by atoms with Gasteiger partial charge in [0.05, 0.1) is 31.1 Å². The first-order chi connectivity index (χ1) is 16.4. The van der Waals surface area contributed by atoms with Gasteiger partial charge in [-0.2, -0.15) is 5.10 Å². The van der Waals surface area contributed by atoms with E-state index in [4.69, 9.17) is 4.74 Å². The van der Waals surface area contributed by atoms with Gasteiger partial charge in [-0.05, 0) is 50.3 Å². The minimum absolute atomic E-state index is 0.0131. The summed E-state index contributed by atoms with van der Waals surface area (Å²) in [4.78, 5) is 6.26. The molecule has 2 N–H and O–H groups in total. The molecular weight excluding hydrogens is 437 g/mol. The predicted octanol–water partition coefficient (Wildman–Crippen LogP) is 3.16. The molecule has 2 fully saturated rings. The van der Waals surface area contributed by atoms with Crippen molar-refractivity contribution < 1.29 is 14.2 Å². The number of aromatic hydroxyl groups is 1. The van der Waals surface area contributed by atoms with E-state index in [0.717, 1.165) is 30.4 Å². The van der Waals surface area contributed by atoms with E-state index in [-0.39, 0.29) is 29.2 Å². The molecule has 0 unspecified atom stereocenters. The number of hydrogen-bond acceptors (Lipinski definition) is 9. The second-order valence-electron chi connectivity index (χ2n) is 9.39. The van der Waals surface area contributed by atoms with Crippen LogP contribution in [0.25, 0.3) is 22.5 Å². The smallest absolute Gasteiger partial charge is 0.233 e. The van der Waals surface area contributed by atoms with Crippen molar-refractivity contribution in [2.45, 2.75) is 56.4 Å². The summed E-state index contributed by atoms with van der Waals surface area (Å²) < 4.78 is 20.3. The van der Waals surface area contributed by atoms with Gasteiger partial charge in [-0.25, -0.2) is 9.37 Å². The van der Waals surface area contributed by atoms with Crippen molar-refractivity contribution in [1.29, 1.82) is 0 Å². The number of anilines is 1. The maximum absolute atomic E-state index is 15.2. The fourth-order valence-electron chi connectivity index (χ4n) is 5.13. The molecular formula is C24H28FN7O2. The van der Waals surface area contributed by atoms with Crippen LogP contribution in [0.15, 0.2) is 36.7 Å². The van der Waals surface area contributed by atoms with Crippen molar-refractivity contribution in [1.82, 2.24) is 30.7 Å². The number of aromatic nitrogens is 5. The highest BCUT2D eigenvalue weighted by molar-refractivity contribution is 5.72. The van der Waals surface area contributed by atoms with Gasteiger partial charge in [-0.3, -0.25) is 0 Å². The number of halogens is 1. The summed E-state index contributed by atoms with van der Waals surface area (Å²) in [5, 5.41) is 30.4. The summed E-state index contributed by atoms with van der Waals surface area (Å²) in [6, 6.07) is 6.47. The molecule has 2 aliphatic rings. The number of methoxy groups -OCH3 is 1. The van der Waals surface area contributed by atoms with Crippen molar-refractivity contribution >= 4 is 5.82 Å². The highest BCUT2D eigenvalue weighted by Gasteiger charge is 2.47. The Kier molecular flexibility index (Phi) is 5.76. The van der Waals surface area contributed by atoms with Crippen LogP contribution in [0.5, 0.6) is 11.6 Å². The van der Waals surface area contributed by atoms with Crippen LogP contribution < -0.4 is 15.0 Å². The summed E-state index contributed by atoms with van der Waals surface area (Å²) in [6.07, 6.45) is 5.82. The van der Waals surface area contributed by atoms with Gasteiger partial charge in [0.15, 0.2) is 11.6 Å². The number of alkyl halides is 1. The van der Waals surface area contributed by atoms with Gasteiger partial charge >= 0.3 is 0 Å². The molecule has 9 nitrogen and oxygen atoms in total. The molecule has 178 valence electrons. The summed E-state index contributed by atoms with van der Waals surface area (Å²) in [5.74, 6) is 1.19. The Hall–Kier alpha value is -3.40. The lowest BCUT2D eigenvalue weighted by Gasteiger charge is -2.51. The minimum atomic E-state index is -0.988. The normalized spacial score (nSPS) is 26.2. The molecule has 2 bridgehead atoms. The zero-order valence-corrected chi connectivity index (χ0v) is 19.4. The number of phenols is 1. The van der Waals surface area contributed by atoms with E-state index in [1.807, 2.05) is 18.0 Å². The van der Waals surface area contributed by atoms with E-state index in [2.05, 4.69) is 37.6 Å². The Morgan fingerprint density at radius 1 is 1.18 bits per heavy atom. The second-order valence-corrected chi connectivity index (χ2v) is 9.39. The third kappa shape index (κ3) is 4.13. The van der Waals surface area contributed by atoms with Crippen LogP contribution >= 0.6 is 0 Å². The van der Waals surface area contributed by atoms with Crippen molar-refractivity contribution in [2.24, 2.45) is 0 Å². The first kappa shape index (κ1) is 22.4. The quantitative estimate of drug-likeness (QED) is 0.587. The van der Waals surface area contributed by atoms with Gasteiger partial charge in [0, 0.05) is 30.3 Å². The topological polar surface area (TPSA) is 109 Å². The third-order valence-electron chi connectivity index (χ3n) is 7.01. The lowest BCUT2D eigenvalue weighted by atomic mass is 9.74. The molecule has 0 aliphatic carbocycles. The summed E-state index contributed by atoms with van der Waals surface area (Å²) in [5.41, 5.74) is 1.89. The first-order valence-electron chi connectivity index (χ1n) is 11.4. The van der Waals surface area contributed by atoms with E-state index in [9.17, 15) is 5.11 Å². The molecule has 5 rings (SSSR count). The largest absolute Gasteiger partial charge is 0.507 e. The molecule has 10 heteroatoms. The maximum atomic E-state index is 15.2. The van der Waals surface area contributed by atoms with Crippen LogP contribution in [0.1, 0.15) is 32.6 Å². The minimum Gasteiger partial charge on any atom is -0.507 e. The van der Waals surface area contributed by atoms with Crippen LogP contribution in [0.4, 0.5) is 10.2 Å². The highest BCUT2D eigenvalue weighted by atomic mass is 19.1. The molecule has 0 saturated carbocycles.